The summed E-state index contributed by atoms with van der Waals surface area (Å²) in [6.45, 7) is 0. The average Bonchev–Trinajstić information content (AvgIpc) is 3.55. The van der Waals surface area contributed by atoms with E-state index in [0.29, 0.717) is 40.5 Å². The lowest BCUT2D eigenvalue weighted by molar-refractivity contribution is 0.0317. The largest absolute Gasteiger partial charge is 0.473 e. The zero-order valence-corrected chi connectivity index (χ0v) is 18.9. The maximum Gasteiger partial charge on any atom is 0.256 e. The number of methoxy groups -OCH3 is 1. The van der Waals surface area contributed by atoms with Crippen LogP contribution >= 0.6 is 0 Å². The summed E-state index contributed by atoms with van der Waals surface area (Å²) in [6, 6.07) is 5.85. The van der Waals surface area contributed by atoms with Crippen molar-refractivity contribution in [3.63, 3.8) is 0 Å². The standard InChI is InChI=1S/C23H29N7O3/c1-24-20-12-19(29-21-17(13-26-30(20)21)22(31)27-14-5-6-14)28-18-4-3-11-25-23(18)33-16-9-7-15(32-2)8-10-16/h3-4,11-16,24H,5-10H2,1-2H3,(H,27,31)(H,28,29). The number of amides is 1. The average molecular weight is 452 g/mol. The number of pyridine rings is 1. The Morgan fingerprint density at radius 3 is 2.67 bits per heavy atom. The minimum Gasteiger partial charge on any atom is -0.473 e. The first-order valence-electron chi connectivity index (χ1n) is 11.4. The third kappa shape index (κ3) is 4.70. The molecule has 0 radical (unpaired) electrons. The summed E-state index contributed by atoms with van der Waals surface area (Å²) in [6.07, 6.45) is 9.53. The first-order valence-corrected chi connectivity index (χ1v) is 11.4. The highest BCUT2D eigenvalue weighted by atomic mass is 16.5. The van der Waals surface area contributed by atoms with Gasteiger partial charge in [-0.2, -0.15) is 9.61 Å². The first kappa shape index (κ1) is 21.4. The Morgan fingerprint density at radius 1 is 1.15 bits per heavy atom. The van der Waals surface area contributed by atoms with Crippen molar-refractivity contribution in [3.8, 4) is 5.88 Å². The predicted octanol–water partition coefficient (Wildman–Crippen LogP) is 3.14. The number of hydrogen-bond acceptors (Lipinski definition) is 8. The molecule has 3 aromatic heterocycles. The fourth-order valence-corrected chi connectivity index (χ4v) is 4.12. The van der Waals surface area contributed by atoms with Crippen molar-refractivity contribution in [3.05, 3.63) is 36.2 Å². The van der Waals surface area contributed by atoms with Crippen LogP contribution in [0.25, 0.3) is 5.65 Å². The lowest BCUT2D eigenvalue weighted by Gasteiger charge is -2.28. The Bertz CT molecular complexity index is 1140. The van der Waals surface area contributed by atoms with E-state index in [-0.39, 0.29) is 18.1 Å². The number of carbonyl (C=O) groups is 1. The minimum absolute atomic E-state index is 0.0997. The molecule has 2 fully saturated rings. The molecule has 2 saturated carbocycles. The van der Waals surface area contributed by atoms with E-state index in [0.717, 1.165) is 38.5 Å². The van der Waals surface area contributed by atoms with E-state index in [1.54, 1.807) is 31.1 Å². The molecule has 0 atom stereocenters. The lowest BCUT2D eigenvalue weighted by atomic mass is 9.95. The molecule has 10 heteroatoms. The van der Waals surface area contributed by atoms with Crippen molar-refractivity contribution >= 4 is 28.9 Å². The van der Waals surface area contributed by atoms with Crippen LogP contribution in [0.4, 0.5) is 17.3 Å². The van der Waals surface area contributed by atoms with Crippen molar-refractivity contribution in [2.45, 2.75) is 56.8 Å². The number of hydrogen-bond donors (Lipinski definition) is 3. The van der Waals surface area contributed by atoms with Gasteiger partial charge in [-0.25, -0.2) is 9.97 Å². The highest BCUT2D eigenvalue weighted by molar-refractivity contribution is 6.00. The Balaban J connectivity index is 1.39. The van der Waals surface area contributed by atoms with Crippen LogP contribution < -0.4 is 20.7 Å². The van der Waals surface area contributed by atoms with Crippen LogP contribution in [0.5, 0.6) is 5.88 Å². The molecule has 3 heterocycles. The molecule has 0 aromatic carbocycles. The smallest absolute Gasteiger partial charge is 0.256 e. The third-order valence-corrected chi connectivity index (χ3v) is 6.15. The lowest BCUT2D eigenvalue weighted by Crippen LogP contribution is -2.28. The predicted molar refractivity (Wildman–Crippen MR) is 124 cm³/mol. The molecule has 0 spiro atoms. The normalized spacial score (nSPS) is 20.4. The number of ether oxygens (including phenoxy) is 2. The highest BCUT2D eigenvalue weighted by Crippen LogP contribution is 2.31. The van der Waals surface area contributed by atoms with Gasteiger partial charge in [-0.05, 0) is 50.7 Å². The number of rotatable bonds is 8. The second kappa shape index (κ2) is 9.22. The van der Waals surface area contributed by atoms with E-state index in [1.165, 1.54) is 0 Å². The van der Waals surface area contributed by atoms with Gasteiger partial charge in [0.1, 0.15) is 29.0 Å². The quantitative estimate of drug-likeness (QED) is 0.479. The van der Waals surface area contributed by atoms with E-state index in [4.69, 9.17) is 9.47 Å². The van der Waals surface area contributed by atoms with Gasteiger partial charge in [0.05, 0.1) is 12.3 Å². The summed E-state index contributed by atoms with van der Waals surface area (Å²) in [5.41, 5.74) is 1.64. The monoisotopic (exact) mass is 451 g/mol. The topological polar surface area (TPSA) is 115 Å². The van der Waals surface area contributed by atoms with Crippen LogP contribution in [-0.2, 0) is 4.74 Å². The molecule has 5 rings (SSSR count). The van der Waals surface area contributed by atoms with E-state index in [2.05, 4.69) is 31.0 Å². The maximum atomic E-state index is 12.7. The number of nitrogens with zero attached hydrogens (tertiary/aromatic N) is 4. The highest BCUT2D eigenvalue weighted by Gasteiger charge is 2.26. The number of nitrogens with one attached hydrogen (secondary N) is 3. The zero-order chi connectivity index (χ0) is 22.8. The Morgan fingerprint density at radius 2 is 1.94 bits per heavy atom. The molecule has 0 bridgehead atoms. The van der Waals surface area contributed by atoms with E-state index < -0.39 is 0 Å². The van der Waals surface area contributed by atoms with Crippen LogP contribution in [0.15, 0.2) is 30.6 Å². The molecule has 0 unspecified atom stereocenters. The molecular formula is C23H29N7O3. The number of anilines is 3. The van der Waals surface area contributed by atoms with Gasteiger partial charge in [0, 0.05) is 32.5 Å². The van der Waals surface area contributed by atoms with Gasteiger partial charge < -0.3 is 25.4 Å². The van der Waals surface area contributed by atoms with Gasteiger partial charge in [0.2, 0.25) is 5.88 Å². The van der Waals surface area contributed by atoms with Gasteiger partial charge >= 0.3 is 0 Å². The summed E-state index contributed by atoms with van der Waals surface area (Å²) >= 11 is 0. The van der Waals surface area contributed by atoms with Crippen LogP contribution in [-0.4, -0.2) is 57.9 Å². The van der Waals surface area contributed by atoms with Crippen molar-refractivity contribution in [1.82, 2.24) is 24.9 Å². The fourth-order valence-electron chi connectivity index (χ4n) is 4.12. The van der Waals surface area contributed by atoms with Crippen LogP contribution in [0.2, 0.25) is 0 Å². The third-order valence-electron chi connectivity index (χ3n) is 6.15. The fraction of sp³-hybridized carbons (Fsp3) is 0.478. The van der Waals surface area contributed by atoms with Crippen LogP contribution in [0.1, 0.15) is 48.9 Å². The molecule has 2 aliphatic rings. The summed E-state index contributed by atoms with van der Waals surface area (Å²) in [4.78, 5) is 21.8. The van der Waals surface area contributed by atoms with Gasteiger partial charge in [-0.15, -0.1) is 0 Å². The van der Waals surface area contributed by atoms with Crippen molar-refractivity contribution < 1.29 is 14.3 Å². The first-order chi connectivity index (χ1) is 16.1. The number of carbonyl (C=O) groups excluding carboxylic acids is 1. The SMILES string of the molecule is CNc1cc(Nc2cccnc2OC2CCC(OC)CC2)nc2c(C(=O)NC3CC3)cnn12. The second-order valence-corrected chi connectivity index (χ2v) is 8.55. The Kier molecular flexibility index (Phi) is 5.99. The molecule has 33 heavy (non-hydrogen) atoms. The molecule has 2 aliphatic carbocycles. The number of fused-ring (bicyclic) bond motifs is 1. The zero-order valence-electron chi connectivity index (χ0n) is 18.9. The maximum absolute atomic E-state index is 12.7. The van der Waals surface area contributed by atoms with Crippen LogP contribution in [0, 0.1) is 0 Å². The van der Waals surface area contributed by atoms with Crippen LogP contribution in [0.3, 0.4) is 0 Å². The molecule has 10 nitrogen and oxygen atoms in total. The molecule has 3 N–H and O–H groups in total. The summed E-state index contributed by atoms with van der Waals surface area (Å²) < 4.78 is 13.3. The van der Waals surface area contributed by atoms with E-state index >= 15 is 0 Å². The molecule has 1 amide bonds. The van der Waals surface area contributed by atoms with Crippen molar-refractivity contribution in [2.75, 3.05) is 24.8 Å². The summed E-state index contributed by atoms with van der Waals surface area (Å²) in [7, 11) is 3.57. The van der Waals surface area contributed by atoms with E-state index in [9.17, 15) is 4.79 Å². The molecule has 0 aliphatic heterocycles. The van der Waals surface area contributed by atoms with Gasteiger partial charge in [-0.1, -0.05) is 0 Å². The molecule has 3 aromatic rings. The number of aromatic nitrogens is 4. The van der Waals surface area contributed by atoms with Crippen molar-refractivity contribution in [1.29, 1.82) is 0 Å². The Hall–Kier alpha value is -3.40. The van der Waals surface area contributed by atoms with Crippen molar-refractivity contribution in [2.24, 2.45) is 0 Å². The summed E-state index contributed by atoms with van der Waals surface area (Å²) in [5.74, 6) is 1.65. The molecular weight excluding hydrogens is 422 g/mol. The van der Waals surface area contributed by atoms with Gasteiger partial charge in [0.25, 0.3) is 5.91 Å². The van der Waals surface area contributed by atoms with Gasteiger partial charge in [0.15, 0.2) is 5.65 Å². The summed E-state index contributed by atoms with van der Waals surface area (Å²) in [5, 5.41) is 13.8. The van der Waals surface area contributed by atoms with Gasteiger partial charge in [-0.3, -0.25) is 4.79 Å². The minimum atomic E-state index is -0.156. The Labute approximate surface area is 192 Å². The molecule has 0 saturated heterocycles. The molecule has 174 valence electrons. The van der Waals surface area contributed by atoms with E-state index in [1.807, 2.05) is 18.2 Å². The second-order valence-electron chi connectivity index (χ2n) is 8.55.